The molecule has 3 nitrogen and oxygen atoms in total. The number of pyridine rings is 1. The summed E-state index contributed by atoms with van der Waals surface area (Å²) in [5.74, 6) is 0.592. The van der Waals surface area contributed by atoms with Crippen molar-refractivity contribution in [3.63, 3.8) is 0 Å². The van der Waals surface area contributed by atoms with Crippen LogP contribution in [0.15, 0.2) is 24.5 Å². The van der Waals surface area contributed by atoms with Gasteiger partial charge in [0, 0.05) is 25.0 Å². The largest absolute Gasteiger partial charge is 0.387 e. The fraction of sp³-hybridized carbons (Fsp3) is 0.615. The normalized spacial score (nSPS) is 15.1. The van der Waals surface area contributed by atoms with E-state index in [1.807, 2.05) is 12.1 Å². The second-order valence-corrected chi connectivity index (χ2v) is 4.46. The molecule has 1 aromatic heterocycles. The molecule has 2 atom stereocenters. The summed E-state index contributed by atoms with van der Waals surface area (Å²) in [5, 5.41) is 13.4. The summed E-state index contributed by atoms with van der Waals surface area (Å²) in [6.07, 6.45) is 4.05. The first kappa shape index (κ1) is 13.1. The molecular formula is C13H22N2O. The molecule has 0 fully saturated rings. The highest BCUT2D eigenvalue weighted by Crippen LogP contribution is 2.12. The molecule has 0 amide bonds. The van der Waals surface area contributed by atoms with Gasteiger partial charge in [0.05, 0.1) is 6.10 Å². The summed E-state index contributed by atoms with van der Waals surface area (Å²) < 4.78 is 0. The molecule has 0 aliphatic carbocycles. The average molecular weight is 222 g/mol. The van der Waals surface area contributed by atoms with Crippen LogP contribution in [-0.2, 0) is 0 Å². The topological polar surface area (TPSA) is 45.1 Å². The van der Waals surface area contributed by atoms with Crippen LogP contribution in [0.4, 0.5) is 0 Å². The van der Waals surface area contributed by atoms with E-state index in [1.165, 1.54) is 0 Å². The fourth-order valence-corrected chi connectivity index (χ4v) is 1.82. The number of nitrogens with one attached hydrogen (secondary N) is 1. The number of hydrogen-bond donors (Lipinski definition) is 2. The second kappa shape index (κ2) is 6.61. The maximum absolute atomic E-state index is 9.96. The predicted octanol–water partition coefficient (Wildman–Crippen LogP) is 2.14. The quantitative estimate of drug-likeness (QED) is 0.775. The van der Waals surface area contributed by atoms with Gasteiger partial charge in [0.25, 0.3) is 0 Å². The monoisotopic (exact) mass is 222 g/mol. The zero-order chi connectivity index (χ0) is 12.0. The van der Waals surface area contributed by atoms with Gasteiger partial charge in [-0.25, -0.2) is 0 Å². The van der Waals surface area contributed by atoms with Crippen molar-refractivity contribution in [2.45, 2.75) is 39.3 Å². The van der Waals surface area contributed by atoms with Gasteiger partial charge >= 0.3 is 0 Å². The highest BCUT2D eigenvalue weighted by atomic mass is 16.3. The van der Waals surface area contributed by atoms with Gasteiger partial charge in [-0.3, -0.25) is 4.98 Å². The maximum atomic E-state index is 9.96. The van der Waals surface area contributed by atoms with Gasteiger partial charge < -0.3 is 10.4 Å². The number of nitrogens with zero attached hydrogens (tertiary/aromatic N) is 1. The Morgan fingerprint density at radius 1 is 1.31 bits per heavy atom. The molecule has 0 aliphatic heterocycles. The molecule has 0 bridgehead atoms. The molecule has 0 aliphatic rings. The number of rotatable bonds is 6. The van der Waals surface area contributed by atoms with Crippen LogP contribution in [-0.4, -0.2) is 22.7 Å². The molecule has 16 heavy (non-hydrogen) atoms. The third-order valence-electron chi connectivity index (χ3n) is 2.91. The fourth-order valence-electron chi connectivity index (χ4n) is 1.82. The van der Waals surface area contributed by atoms with Crippen molar-refractivity contribution in [1.29, 1.82) is 0 Å². The van der Waals surface area contributed by atoms with Crippen LogP contribution in [0.25, 0.3) is 0 Å². The molecule has 1 rings (SSSR count). The molecule has 1 heterocycles. The van der Waals surface area contributed by atoms with Crippen LogP contribution >= 0.6 is 0 Å². The molecule has 3 heteroatoms. The Bertz CT molecular complexity index is 287. The number of hydrogen-bond acceptors (Lipinski definition) is 3. The van der Waals surface area contributed by atoms with Crippen LogP contribution in [0, 0.1) is 5.92 Å². The van der Waals surface area contributed by atoms with E-state index < -0.39 is 6.10 Å². The molecule has 0 spiro atoms. The summed E-state index contributed by atoms with van der Waals surface area (Å²) in [7, 11) is 0. The Labute approximate surface area is 97.9 Å². The van der Waals surface area contributed by atoms with Crippen LogP contribution in [0.5, 0.6) is 0 Å². The van der Waals surface area contributed by atoms with Gasteiger partial charge in [-0.05, 0) is 30.0 Å². The van der Waals surface area contributed by atoms with Gasteiger partial charge in [0.15, 0.2) is 0 Å². The van der Waals surface area contributed by atoms with E-state index in [0.717, 1.165) is 12.0 Å². The first-order valence-electron chi connectivity index (χ1n) is 5.96. The molecule has 90 valence electrons. The van der Waals surface area contributed by atoms with E-state index in [-0.39, 0.29) is 0 Å². The first-order chi connectivity index (χ1) is 7.65. The van der Waals surface area contributed by atoms with Crippen molar-refractivity contribution in [2.75, 3.05) is 6.54 Å². The molecule has 0 saturated heterocycles. The average Bonchev–Trinajstić information content (AvgIpc) is 2.30. The molecule has 2 unspecified atom stereocenters. The van der Waals surface area contributed by atoms with Crippen molar-refractivity contribution < 1.29 is 5.11 Å². The van der Waals surface area contributed by atoms with Crippen molar-refractivity contribution >= 4 is 0 Å². The molecule has 1 aromatic rings. The van der Waals surface area contributed by atoms with Crippen LogP contribution in [0.1, 0.15) is 38.9 Å². The lowest BCUT2D eigenvalue weighted by Gasteiger charge is -2.22. The van der Waals surface area contributed by atoms with Crippen LogP contribution in [0.3, 0.4) is 0 Å². The van der Waals surface area contributed by atoms with Crippen molar-refractivity contribution in [3.8, 4) is 0 Å². The summed E-state index contributed by atoms with van der Waals surface area (Å²) in [6, 6.07) is 4.17. The SMILES string of the molecule is CCC(NCC(O)c1ccncc1)C(C)C. The third kappa shape index (κ3) is 3.91. The van der Waals surface area contributed by atoms with E-state index in [0.29, 0.717) is 18.5 Å². The van der Waals surface area contributed by atoms with Gasteiger partial charge in [-0.1, -0.05) is 20.8 Å². The molecule has 0 radical (unpaired) electrons. The van der Waals surface area contributed by atoms with Gasteiger partial charge in [0.1, 0.15) is 0 Å². The minimum absolute atomic E-state index is 0.448. The predicted molar refractivity (Wildman–Crippen MR) is 66.1 cm³/mol. The summed E-state index contributed by atoms with van der Waals surface area (Å²) >= 11 is 0. The Hall–Kier alpha value is -0.930. The van der Waals surface area contributed by atoms with E-state index in [2.05, 4.69) is 31.1 Å². The first-order valence-corrected chi connectivity index (χ1v) is 5.96. The lowest BCUT2D eigenvalue weighted by Crippen LogP contribution is -2.36. The highest BCUT2D eigenvalue weighted by Gasteiger charge is 2.13. The molecule has 0 aromatic carbocycles. The molecule has 2 N–H and O–H groups in total. The standard InChI is InChI=1S/C13H22N2O/c1-4-12(10(2)3)15-9-13(16)11-5-7-14-8-6-11/h5-8,10,12-13,15-16H,4,9H2,1-3H3. The minimum atomic E-state index is -0.448. The summed E-state index contributed by atoms with van der Waals surface area (Å²) in [6.45, 7) is 7.15. The van der Waals surface area contributed by atoms with Crippen molar-refractivity contribution in [1.82, 2.24) is 10.3 Å². The Morgan fingerprint density at radius 2 is 1.94 bits per heavy atom. The van der Waals surface area contributed by atoms with E-state index in [9.17, 15) is 5.11 Å². The van der Waals surface area contributed by atoms with Crippen molar-refractivity contribution in [2.24, 2.45) is 5.92 Å². The lowest BCUT2D eigenvalue weighted by atomic mass is 10.0. The summed E-state index contributed by atoms with van der Waals surface area (Å²) in [4.78, 5) is 3.94. The maximum Gasteiger partial charge on any atom is 0.0915 e. The van der Waals surface area contributed by atoms with Crippen molar-refractivity contribution in [3.05, 3.63) is 30.1 Å². The zero-order valence-electron chi connectivity index (χ0n) is 10.4. The van der Waals surface area contributed by atoms with E-state index in [1.54, 1.807) is 12.4 Å². The van der Waals surface area contributed by atoms with Gasteiger partial charge in [-0.15, -0.1) is 0 Å². The van der Waals surface area contributed by atoms with E-state index in [4.69, 9.17) is 0 Å². The minimum Gasteiger partial charge on any atom is -0.387 e. The van der Waals surface area contributed by atoms with Gasteiger partial charge in [0.2, 0.25) is 0 Å². The highest BCUT2D eigenvalue weighted by molar-refractivity contribution is 5.13. The summed E-state index contributed by atoms with van der Waals surface area (Å²) in [5.41, 5.74) is 0.918. The smallest absolute Gasteiger partial charge is 0.0915 e. The zero-order valence-corrected chi connectivity index (χ0v) is 10.4. The third-order valence-corrected chi connectivity index (χ3v) is 2.91. The van der Waals surface area contributed by atoms with Gasteiger partial charge in [-0.2, -0.15) is 0 Å². The number of aliphatic hydroxyl groups is 1. The lowest BCUT2D eigenvalue weighted by molar-refractivity contribution is 0.165. The van der Waals surface area contributed by atoms with E-state index >= 15 is 0 Å². The Kier molecular flexibility index (Phi) is 5.43. The van der Waals surface area contributed by atoms with Crippen LogP contribution < -0.4 is 5.32 Å². The Morgan fingerprint density at radius 3 is 2.44 bits per heavy atom. The second-order valence-electron chi connectivity index (χ2n) is 4.46. The Balaban J connectivity index is 2.43. The van der Waals surface area contributed by atoms with Crippen LogP contribution in [0.2, 0.25) is 0 Å². The molecule has 0 saturated carbocycles. The number of aliphatic hydroxyl groups excluding tert-OH is 1. The molecular weight excluding hydrogens is 200 g/mol. The number of aromatic nitrogens is 1.